The summed E-state index contributed by atoms with van der Waals surface area (Å²) in [6, 6.07) is -0.371. The Hall–Kier alpha value is -0.560. The number of fused-ring (bicyclic) bond motifs is 1. The van der Waals surface area contributed by atoms with Gasteiger partial charge in [-0.15, -0.1) is 6.58 Å². The summed E-state index contributed by atoms with van der Waals surface area (Å²) >= 11 is 1.54. The number of nitrogens with zero attached hydrogens (tertiary/aromatic N) is 2. The molecular formula is C14H24N2O3S. The van der Waals surface area contributed by atoms with E-state index >= 15 is 0 Å². The summed E-state index contributed by atoms with van der Waals surface area (Å²) in [5.74, 6) is 0. The molecule has 6 heteroatoms. The zero-order valence-electron chi connectivity index (χ0n) is 12.1. The molecule has 0 bridgehead atoms. The van der Waals surface area contributed by atoms with Gasteiger partial charge >= 0.3 is 0 Å². The van der Waals surface area contributed by atoms with Crippen LogP contribution >= 0.6 is 11.8 Å². The number of aliphatic imine (C=N–C) groups is 1. The summed E-state index contributed by atoms with van der Waals surface area (Å²) in [6.07, 6.45) is 2.20. The molecule has 0 spiro atoms. The van der Waals surface area contributed by atoms with Crippen molar-refractivity contribution in [1.29, 1.82) is 0 Å². The lowest BCUT2D eigenvalue weighted by Gasteiger charge is -2.38. The van der Waals surface area contributed by atoms with Crippen molar-refractivity contribution in [2.24, 2.45) is 4.99 Å². The number of aliphatic hydroxyl groups is 2. The highest BCUT2D eigenvalue weighted by molar-refractivity contribution is 8.14. The lowest BCUT2D eigenvalue weighted by atomic mass is 9.95. The Balaban J connectivity index is 2.03. The second-order valence-corrected chi connectivity index (χ2v) is 6.40. The quantitative estimate of drug-likeness (QED) is 0.747. The summed E-state index contributed by atoms with van der Waals surface area (Å²) in [6.45, 7) is 6.71. The molecule has 0 saturated carbocycles. The molecule has 0 radical (unpaired) electrons. The van der Waals surface area contributed by atoms with Gasteiger partial charge in [-0.2, -0.15) is 0 Å². The van der Waals surface area contributed by atoms with Gasteiger partial charge in [0.05, 0.1) is 6.10 Å². The molecule has 1 fully saturated rings. The summed E-state index contributed by atoms with van der Waals surface area (Å²) in [5.41, 5.74) is -0.197. The second-order valence-electron chi connectivity index (χ2n) is 5.33. The first-order valence-corrected chi connectivity index (χ1v) is 8.04. The van der Waals surface area contributed by atoms with Gasteiger partial charge in [0.1, 0.15) is 23.7 Å². The minimum Gasteiger partial charge on any atom is -0.388 e. The summed E-state index contributed by atoms with van der Waals surface area (Å²) in [4.78, 5) is 6.60. The van der Waals surface area contributed by atoms with Crippen LogP contribution in [0.5, 0.6) is 0 Å². The molecule has 114 valence electrons. The highest BCUT2D eigenvalue weighted by atomic mass is 32.2. The first-order chi connectivity index (χ1) is 9.58. The van der Waals surface area contributed by atoms with Gasteiger partial charge in [0.25, 0.3) is 0 Å². The molecule has 1 saturated heterocycles. The van der Waals surface area contributed by atoms with E-state index in [1.165, 1.54) is 0 Å². The van der Waals surface area contributed by atoms with Crippen LogP contribution in [0.4, 0.5) is 0 Å². The molecule has 2 rings (SSSR count). The number of amidine groups is 1. The zero-order valence-corrected chi connectivity index (χ0v) is 12.9. The maximum Gasteiger partial charge on any atom is 0.162 e. The molecule has 2 aliphatic heterocycles. The molecule has 20 heavy (non-hydrogen) atoms. The predicted molar refractivity (Wildman–Crippen MR) is 81.8 cm³/mol. The van der Waals surface area contributed by atoms with Crippen molar-refractivity contribution in [2.75, 3.05) is 13.6 Å². The van der Waals surface area contributed by atoms with E-state index < -0.39 is 12.2 Å². The van der Waals surface area contributed by atoms with Crippen molar-refractivity contribution in [1.82, 2.24) is 4.90 Å². The van der Waals surface area contributed by atoms with E-state index in [0.717, 1.165) is 24.6 Å². The molecule has 0 aliphatic carbocycles. The number of ether oxygens (including phenoxy) is 1. The molecule has 0 amide bonds. The molecule has 0 aromatic heterocycles. The third-order valence-electron chi connectivity index (χ3n) is 3.69. The van der Waals surface area contributed by atoms with Crippen molar-refractivity contribution in [3.8, 4) is 0 Å². The van der Waals surface area contributed by atoms with E-state index in [9.17, 15) is 10.2 Å². The Morgan fingerprint density at radius 3 is 2.85 bits per heavy atom. The van der Waals surface area contributed by atoms with Crippen LogP contribution in [-0.2, 0) is 4.74 Å². The normalized spacial score (nSPS) is 36.4. The standard InChI is InChI=1S/C14H24N2O3S/c1-4-6-7-9-11(17)12(18)10-13(19-9)20-14(15-10)16(3)8-5-2/h4,9-13,17-18H,1,5-8H2,2-3H3/t9-,10-,11-,12-,13-/m1/s1. The number of aliphatic hydroxyl groups excluding tert-OH is 2. The molecule has 2 N–H and O–H groups in total. The van der Waals surface area contributed by atoms with E-state index in [2.05, 4.69) is 23.4 Å². The van der Waals surface area contributed by atoms with Crippen LogP contribution in [0, 0.1) is 0 Å². The minimum atomic E-state index is -0.878. The van der Waals surface area contributed by atoms with Gasteiger partial charge in [-0.25, -0.2) is 0 Å². The van der Waals surface area contributed by atoms with E-state index in [-0.39, 0.29) is 17.6 Å². The fourth-order valence-corrected chi connectivity index (χ4v) is 3.77. The Labute approximate surface area is 124 Å². The van der Waals surface area contributed by atoms with Gasteiger partial charge < -0.3 is 19.8 Å². The van der Waals surface area contributed by atoms with Crippen molar-refractivity contribution in [3.05, 3.63) is 12.7 Å². The lowest BCUT2D eigenvalue weighted by Crippen LogP contribution is -2.54. The van der Waals surface area contributed by atoms with Crippen LogP contribution in [0.1, 0.15) is 26.2 Å². The molecule has 5 nitrogen and oxygen atoms in total. The number of thioether (sulfide) groups is 1. The first-order valence-electron chi connectivity index (χ1n) is 7.16. The largest absolute Gasteiger partial charge is 0.388 e. The van der Waals surface area contributed by atoms with E-state index in [1.807, 2.05) is 7.05 Å². The SMILES string of the molecule is C=CCC[C@H]1O[C@@H]2SC(N(C)CCC)=N[C@@H]2[C@@H](O)[C@@H]1O. The number of allylic oxidation sites excluding steroid dienone is 1. The average Bonchev–Trinajstić information content (AvgIpc) is 2.86. The lowest BCUT2D eigenvalue weighted by molar-refractivity contribution is -0.154. The monoisotopic (exact) mass is 300 g/mol. The molecule has 5 atom stereocenters. The Bertz CT molecular complexity index is 377. The van der Waals surface area contributed by atoms with Gasteiger partial charge in [0, 0.05) is 13.6 Å². The highest BCUT2D eigenvalue weighted by Gasteiger charge is 2.48. The summed E-state index contributed by atoms with van der Waals surface area (Å²) < 4.78 is 5.92. The van der Waals surface area contributed by atoms with Crippen LogP contribution in [0.25, 0.3) is 0 Å². The fraction of sp³-hybridized carbons (Fsp3) is 0.786. The Kier molecular flexibility index (Phi) is 5.49. The van der Waals surface area contributed by atoms with Gasteiger partial charge in [-0.1, -0.05) is 24.8 Å². The van der Waals surface area contributed by atoms with Gasteiger partial charge in [0.2, 0.25) is 0 Å². The predicted octanol–water partition coefficient (Wildman–Crippen LogP) is 1.21. The topological polar surface area (TPSA) is 65.3 Å². The van der Waals surface area contributed by atoms with Gasteiger partial charge in [0.15, 0.2) is 5.17 Å². The highest BCUT2D eigenvalue weighted by Crippen LogP contribution is 2.38. The fourth-order valence-electron chi connectivity index (χ4n) is 2.55. The van der Waals surface area contributed by atoms with Crippen molar-refractivity contribution in [2.45, 2.75) is 56.0 Å². The molecule has 0 aromatic carbocycles. The number of hydrogen-bond acceptors (Lipinski definition) is 6. The zero-order chi connectivity index (χ0) is 14.7. The van der Waals surface area contributed by atoms with Gasteiger partial charge in [-0.3, -0.25) is 4.99 Å². The second kappa shape index (κ2) is 6.93. The van der Waals surface area contributed by atoms with Crippen LogP contribution < -0.4 is 0 Å². The van der Waals surface area contributed by atoms with E-state index in [1.54, 1.807) is 17.8 Å². The van der Waals surface area contributed by atoms with Crippen molar-refractivity contribution < 1.29 is 14.9 Å². The minimum absolute atomic E-state index is 0.197. The third-order valence-corrected chi connectivity index (χ3v) is 4.94. The van der Waals surface area contributed by atoms with Crippen LogP contribution in [-0.4, -0.2) is 63.7 Å². The van der Waals surface area contributed by atoms with Gasteiger partial charge in [-0.05, 0) is 19.3 Å². The van der Waals surface area contributed by atoms with E-state index in [0.29, 0.717) is 6.42 Å². The van der Waals surface area contributed by atoms with Crippen molar-refractivity contribution in [3.63, 3.8) is 0 Å². The Morgan fingerprint density at radius 2 is 2.20 bits per heavy atom. The maximum absolute atomic E-state index is 10.3. The first kappa shape index (κ1) is 15.8. The molecule has 2 aliphatic rings. The number of rotatable bonds is 5. The molecule has 2 heterocycles. The van der Waals surface area contributed by atoms with Crippen LogP contribution in [0.15, 0.2) is 17.6 Å². The number of hydrogen-bond donors (Lipinski definition) is 2. The van der Waals surface area contributed by atoms with Crippen LogP contribution in [0.2, 0.25) is 0 Å². The Morgan fingerprint density at radius 1 is 1.45 bits per heavy atom. The summed E-state index contributed by atoms with van der Waals surface area (Å²) in [5, 5.41) is 21.3. The van der Waals surface area contributed by atoms with Crippen LogP contribution in [0.3, 0.4) is 0 Å². The van der Waals surface area contributed by atoms with E-state index in [4.69, 9.17) is 4.74 Å². The molecule has 0 unspecified atom stereocenters. The molecule has 0 aromatic rings. The molecular weight excluding hydrogens is 276 g/mol. The average molecular weight is 300 g/mol. The maximum atomic E-state index is 10.3. The van der Waals surface area contributed by atoms with Crippen molar-refractivity contribution >= 4 is 16.9 Å². The summed E-state index contributed by atoms with van der Waals surface area (Å²) in [7, 11) is 1.99. The smallest absolute Gasteiger partial charge is 0.162 e. The third kappa shape index (κ3) is 3.19.